The van der Waals surface area contributed by atoms with Crippen LogP contribution in [0.5, 0.6) is 0 Å². The molecule has 1 aliphatic carbocycles. The van der Waals surface area contributed by atoms with Gasteiger partial charge in [0, 0.05) is 43.5 Å². The lowest BCUT2D eigenvalue weighted by Crippen LogP contribution is -2.24. The van der Waals surface area contributed by atoms with Gasteiger partial charge in [0.1, 0.15) is 5.58 Å². The van der Waals surface area contributed by atoms with Crippen LogP contribution in [0.1, 0.15) is 31.9 Å². The lowest BCUT2D eigenvalue weighted by molar-refractivity contribution is 0.570. The molecule has 0 atom stereocenters. The molecule has 0 amide bonds. The Morgan fingerprint density at radius 3 is 1.98 bits per heavy atom. The molecule has 0 radical (unpaired) electrons. The summed E-state index contributed by atoms with van der Waals surface area (Å²) in [7, 11) is 0. The summed E-state index contributed by atoms with van der Waals surface area (Å²) in [5.41, 5.74) is 14.5. The Hall–Kier alpha value is -7.63. The normalized spacial score (nSPS) is 13.7. The predicted molar refractivity (Wildman–Crippen MR) is 247 cm³/mol. The van der Waals surface area contributed by atoms with Crippen molar-refractivity contribution in [2.45, 2.75) is 26.2 Å². The van der Waals surface area contributed by atoms with E-state index in [2.05, 4.69) is 146 Å². The lowest BCUT2D eigenvalue weighted by Gasteiger charge is -2.21. The van der Waals surface area contributed by atoms with E-state index < -0.39 is 0 Å². The van der Waals surface area contributed by atoms with E-state index in [-0.39, 0.29) is 5.41 Å². The van der Waals surface area contributed by atoms with Crippen molar-refractivity contribution < 1.29 is 4.42 Å². The topological polar surface area (TPSA) is 56.7 Å². The van der Waals surface area contributed by atoms with E-state index in [1.165, 1.54) is 33.0 Å². The summed E-state index contributed by atoms with van der Waals surface area (Å²) in [6.07, 6.45) is 4.21. The van der Waals surface area contributed by atoms with Gasteiger partial charge in [-0.2, -0.15) is 0 Å². The Morgan fingerprint density at radius 2 is 1.18 bits per heavy atom. The van der Waals surface area contributed by atoms with Crippen molar-refractivity contribution >= 4 is 45.1 Å². The van der Waals surface area contributed by atoms with E-state index in [0.29, 0.717) is 28.5 Å². The van der Waals surface area contributed by atoms with Crippen molar-refractivity contribution in [3.8, 4) is 56.4 Å². The van der Waals surface area contributed by atoms with Crippen LogP contribution in [0.15, 0.2) is 180 Å². The average Bonchev–Trinajstić information content (AvgIpc) is 3.89. The minimum Gasteiger partial charge on any atom is -0.454 e. The van der Waals surface area contributed by atoms with Gasteiger partial charge >= 0.3 is 0 Å². The number of allylic oxidation sites excluding steroid dienone is 2. The molecule has 0 aliphatic heterocycles. The van der Waals surface area contributed by atoms with E-state index in [1.807, 2.05) is 55.5 Å². The van der Waals surface area contributed by atoms with Crippen molar-refractivity contribution in [1.29, 1.82) is 0 Å². The van der Waals surface area contributed by atoms with Crippen molar-refractivity contribution in [3.63, 3.8) is 0 Å². The summed E-state index contributed by atoms with van der Waals surface area (Å²) in [4.78, 5) is 15.4. The van der Waals surface area contributed by atoms with Gasteiger partial charge in [0.2, 0.25) is 0 Å². The number of fused-ring (bicyclic) bond motifs is 7. The molecule has 60 heavy (non-hydrogen) atoms. The first kappa shape index (κ1) is 35.5. The highest BCUT2D eigenvalue weighted by Crippen LogP contribution is 2.51. The van der Waals surface area contributed by atoms with Gasteiger partial charge in [0.05, 0.1) is 16.7 Å². The van der Waals surface area contributed by atoms with Gasteiger partial charge < -0.3 is 8.98 Å². The fraction of sp³-hybridized carbons (Fsp3) is 0.0727. The fourth-order valence-electron chi connectivity index (χ4n) is 9.25. The van der Waals surface area contributed by atoms with E-state index in [4.69, 9.17) is 25.9 Å². The summed E-state index contributed by atoms with van der Waals surface area (Å²) >= 11 is 0. The minimum absolute atomic E-state index is 0.154. The molecule has 10 aromatic rings. The molecular weight excluding hydrogens is 733 g/mol. The largest absolute Gasteiger partial charge is 0.454 e. The number of rotatable bonds is 6. The fourth-order valence-corrected chi connectivity index (χ4v) is 9.25. The van der Waals surface area contributed by atoms with E-state index in [1.54, 1.807) is 0 Å². The Bertz CT molecular complexity index is 3480. The van der Waals surface area contributed by atoms with Crippen molar-refractivity contribution in [1.82, 2.24) is 19.5 Å². The van der Waals surface area contributed by atoms with Gasteiger partial charge in [-0.25, -0.2) is 15.0 Å². The molecule has 11 rings (SSSR count). The molecule has 0 bridgehead atoms. The molecule has 0 N–H and O–H groups in total. The highest BCUT2D eigenvalue weighted by Gasteiger charge is 2.36. The number of furan rings is 1. The zero-order valence-corrected chi connectivity index (χ0v) is 33.6. The van der Waals surface area contributed by atoms with Crippen LogP contribution in [-0.2, 0) is 5.41 Å². The SMILES string of the molecule is C=c1/c(=C(\C=C/C)n2c3ccccc3c3cc4c(cc32)C(C)(C)c2ccccc2-4)oc2cccc(-c3nc(-c4ccccc4)nc(-c4cccc(-c5ccccc5)c4)n3)c12. The van der Waals surface area contributed by atoms with Crippen LogP contribution >= 0.6 is 0 Å². The van der Waals surface area contributed by atoms with Gasteiger partial charge in [-0.1, -0.05) is 160 Å². The van der Waals surface area contributed by atoms with Crippen LogP contribution < -0.4 is 10.6 Å². The molecule has 7 aromatic carbocycles. The van der Waals surface area contributed by atoms with E-state index in [9.17, 15) is 0 Å². The maximum Gasteiger partial charge on any atom is 0.164 e. The molecule has 5 heteroatoms. The Kier molecular flexibility index (Phi) is 8.14. The quantitative estimate of drug-likeness (QED) is 0.169. The third kappa shape index (κ3) is 5.50. The average molecular weight is 773 g/mol. The minimum atomic E-state index is -0.154. The van der Waals surface area contributed by atoms with Gasteiger partial charge in [-0.3, -0.25) is 0 Å². The monoisotopic (exact) mass is 772 g/mol. The summed E-state index contributed by atoms with van der Waals surface area (Å²) in [5, 5.41) is 4.01. The zero-order chi connectivity index (χ0) is 40.5. The van der Waals surface area contributed by atoms with Crippen LogP contribution in [0.3, 0.4) is 0 Å². The number of hydrogen-bond donors (Lipinski definition) is 0. The third-order valence-corrected chi connectivity index (χ3v) is 12.1. The first-order valence-corrected chi connectivity index (χ1v) is 20.4. The van der Waals surface area contributed by atoms with Crippen molar-refractivity contribution in [3.05, 3.63) is 198 Å². The molecule has 5 nitrogen and oxygen atoms in total. The number of nitrogens with zero attached hydrogens (tertiary/aromatic N) is 4. The predicted octanol–water partition coefficient (Wildman–Crippen LogP) is 12.3. The third-order valence-electron chi connectivity index (χ3n) is 12.1. The maximum absolute atomic E-state index is 6.93. The summed E-state index contributed by atoms with van der Waals surface area (Å²) in [6.45, 7) is 11.5. The number of benzene rings is 7. The Morgan fingerprint density at radius 1 is 0.550 bits per heavy atom. The standard InChI is InChI=1S/C55H40N4O/c1-5-18-47(59-46-29-15-13-26-40(46)43-32-42-39-25-12-14-28-44(39)55(3,4)45(42)33-48(43)59)51-34(2)50-41(27-17-30-49(50)60-51)54-57-52(36-21-10-7-11-22-36)56-53(58-54)38-24-16-23-37(31-38)35-19-8-6-9-20-35/h5-33H,2H2,1,3-4H3/b18-5-,51-47-. The highest BCUT2D eigenvalue weighted by atomic mass is 16.3. The van der Waals surface area contributed by atoms with Crippen molar-refractivity contribution in [2.24, 2.45) is 0 Å². The molecule has 0 unspecified atom stereocenters. The number of aromatic nitrogens is 4. The second-order valence-electron chi connectivity index (χ2n) is 16.0. The smallest absolute Gasteiger partial charge is 0.164 e. The van der Waals surface area contributed by atoms with Crippen LogP contribution in [0, 0.1) is 0 Å². The molecule has 1 aliphatic rings. The molecule has 0 spiro atoms. The zero-order valence-electron chi connectivity index (χ0n) is 33.6. The first-order chi connectivity index (χ1) is 29.4. The van der Waals surface area contributed by atoms with Crippen LogP contribution in [0.4, 0.5) is 0 Å². The van der Waals surface area contributed by atoms with Gasteiger partial charge in [0.15, 0.2) is 22.9 Å². The maximum atomic E-state index is 6.93. The molecule has 0 fully saturated rings. The lowest BCUT2D eigenvalue weighted by atomic mass is 9.82. The molecular formula is C55H40N4O. The van der Waals surface area contributed by atoms with Crippen molar-refractivity contribution in [2.75, 3.05) is 0 Å². The second-order valence-corrected chi connectivity index (χ2v) is 16.0. The second kappa shape index (κ2) is 13.7. The van der Waals surface area contributed by atoms with Gasteiger partial charge in [0.25, 0.3) is 0 Å². The Labute approximate surface area is 348 Å². The molecule has 0 saturated heterocycles. The van der Waals surface area contributed by atoms with Crippen LogP contribution in [0.25, 0.3) is 101 Å². The van der Waals surface area contributed by atoms with Gasteiger partial charge in [-0.15, -0.1) is 0 Å². The molecule has 3 heterocycles. The number of para-hydroxylation sites is 1. The number of hydrogen-bond acceptors (Lipinski definition) is 4. The summed E-state index contributed by atoms with van der Waals surface area (Å²) in [6, 6.07) is 57.2. The van der Waals surface area contributed by atoms with Gasteiger partial charge in [-0.05, 0) is 76.7 Å². The molecule has 3 aromatic heterocycles. The molecule has 0 saturated carbocycles. The summed E-state index contributed by atoms with van der Waals surface area (Å²) < 4.78 is 9.28. The molecule has 286 valence electrons. The van der Waals surface area contributed by atoms with Crippen LogP contribution in [0.2, 0.25) is 0 Å². The Balaban J connectivity index is 1.16. The van der Waals surface area contributed by atoms with E-state index >= 15 is 0 Å². The summed E-state index contributed by atoms with van der Waals surface area (Å²) in [5.74, 6) is 1.73. The van der Waals surface area contributed by atoms with E-state index in [0.717, 1.165) is 55.2 Å². The first-order valence-electron chi connectivity index (χ1n) is 20.4. The van der Waals surface area contributed by atoms with Crippen LogP contribution in [-0.4, -0.2) is 19.5 Å². The highest BCUT2D eigenvalue weighted by molar-refractivity contribution is 6.12.